The molecular formula is C16H22O2. The summed E-state index contributed by atoms with van der Waals surface area (Å²) in [4.78, 5) is 12.4. The Kier molecular flexibility index (Phi) is 4.54. The molecule has 1 aliphatic rings. The number of carbonyl (C=O) groups excluding carboxylic acids is 1. The Bertz CT molecular complexity index is 385. The Morgan fingerprint density at radius 2 is 2.00 bits per heavy atom. The molecule has 2 rings (SSSR count). The van der Waals surface area contributed by atoms with Crippen LogP contribution in [-0.2, 0) is 4.74 Å². The van der Waals surface area contributed by atoms with Crippen LogP contribution in [0.25, 0.3) is 0 Å². The number of methoxy groups -OCH3 is 1. The van der Waals surface area contributed by atoms with E-state index in [0.29, 0.717) is 12.0 Å². The van der Waals surface area contributed by atoms with Crippen molar-refractivity contribution in [3.05, 3.63) is 35.9 Å². The Morgan fingerprint density at radius 1 is 1.28 bits per heavy atom. The van der Waals surface area contributed by atoms with E-state index in [0.717, 1.165) is 24.8 Å². The SMILES string of the molecule is COC1CCCC(C(C)C(=O)c2ccccc2)C1. The highest BCUT2D eigenvalue weighted by molar-refractivity contribution is 5.97. The van der Waals surface area contributed by atoms with Gasteiger partial charge in [-0.3, -0.25) is 4.79 Å². The van der Waals surface area contributed by atoms with Gasteiger partial charge in [-0.05, 0) is 25.2 Å². The molecule has 0 aromatic heterocycles. The van der Waals surface area contributed by atoms with Crippen molar-refractivity contribution in [1.82, 2.24) is 0 Å². The van der Waals surface area contributed by atoms with Gasteiger partial charge in [0.15, 0.2) is 5.78 Å². The second-order valence-corrected chi connectivity index (χ2v) is 5.30. The van der Waals surface area contributed by atoms with Crippen LogP contribution in [0, 0.1) is 11.8 Å². The van der Waals surface area contributed by atoms with E-state index in [2.05, 4.69) is 6.92 Å². The molecule has 3 atom stereocenters. The Balaban J connectivity index is 2.02. The number of carbonyl (C=O) groups is 1. The van der Waals surface area contributed by atoms with Gasteiger partial charge in [-0.2, -0.15) is 0 Å². The highest BCUT2D eigenvalue weighted by atomic mass is 16.5. The predicted octanol–water partition coefficient (Wildman–Crippen LogP) is 3.71. The van der Waals surface area contributed by atoms with Crippen LogP contribution in [-0.4, -0.2) is 19.0 Å². The zero-order valence-corrected chi connectivity index (χ0v) is 11.3. The zero-order chi connectivity index (χ0) is 13.0. The summed E-state index contributed by atoms with van der Waals surface area (Å²) >= 11 is 0. The van der Waals surface area contributed by atoms with Crippen LogP contribution in [0.5, 0.6) is 0 Å². The number of ketones is 1. The fourth-order valence-electron chi connectivity index (χ4n) is 2.93. The van der Waals surface area contributed by atoms with Gasteiger partial charge < -0.3 is 4.74 Å². The molecule has 1 fully saturated rings. The first-order valence-corrected chi connectivity index (χ1v) is 6.84. The summed E-state index contributed by atoms with van der Waals surface area (Å²) in [5, 5.41) is 0. The first kappa shape index (κ1) is 13.3. The minimum Gasteiger partial charge on any atom is -0.381 e. The summed E-state index contributed by atoms with van der Waals surface area (Å²) in [6, 6.07) is 9.63. The fourth-order valence-corrected chi connectivity index (χ4v) is 2.93. The maximum absolute atomic E-state index is 12.4. The monoisotopic (exact) mass is 246 g/mol. The lowest BCUT2D eigenvalue weighted by Crippen LogP contribution is -2.29. The largest absolute Gasteiger partial charge is 0.381 e. The summed E-state index contributed by atoms with van der Waals surface area (Å²) in [7, 11) is 1.77. The van der Waals surface area contributed by atoms with Crippen LogP contribution in [0.4, 0.5) is 0 Å². The molecule has 0 aliphatic heterocycles. The number of Topliss-reactive ketones (excluding diaryl/α,β-unsaturated/α-hetero) is 1. The molecule has 1 aliphatic carbocycles. The van der Waals surface area contributed by atoms with E-state index < -0.39 is 0 Å². The average Bonchev–Trinajstić information content (AvgIpc) is 2.46. The third kappa shape index (κ3) is 2.99. The summed E-state index contributed by atoms with van der Waals surface area (Å²) in [6.45, 7) is 2.07. The van der Waals surface area contributed by atoms with Crippen LogP contribution in [0.2, 0.25) is 0 Å². The van der Waals surface area contributed by atoms with Crippen molar-refractivity contribution in [3.63, 3.8) is 0 Å². The average molecular weight is 246 g/mol. The summed E-state index contributed by atoms with van der Waals surface area (Å²) < 4.78 is 5.45. The molecular weight excluding hydrogens is 224 g/mol. The molecule has 2 heteroatoms. The number of hydrogen-bond acceptors (Lipinski definition) is 2. The van der Waals surface area contributed by atoms with E-state index in [9.17, 15) is 4.79 Å². The van der Waals surface area contributed by atoms with Crippen LogP contribution in [0.3, 0.4) is 0 Å². The second kappa shape index (κ2) is 6.14. The molecule has 1 aromatic carbocycles. The quantitative estimate of drug-likeness (QED) is 0.757. The minimum absolute atomic E-state index is 0.102. The van der Waals surface area contributed by atoms with Gasteiger partial charge in [0, 0.05) is 18.6 Å². The number of ether oxygens (including phenoxy) is 1. The van der Waals surface area contributed by atoms with E-state index in [-0.39, 0.29) is 11.7 Å². The Hall–Kier alpha value is -1.15. The molecule has 0 amide bonds. The normalized spacial score (nSPS) is 25.7. The zero-order valence-electron chi connectivity index (χ0n) is 11.3. The fraction of sp³-hybridized carbons (Fsp3) is 0.562. The summed E-state index contributed by atoms with van der Waals surface area (Å²) in [6.07, 6.45) is 4.83. The van der Waals surface area contributed by atoms with E-state index >= 15 is 0 Å². The van der Waals surface area contributed by atoms with Gasteiger partial charge >= 0.3 is 0 Å². The predicted molar refractivity (Wildman–Crippen MR) is 72.7 cm³/mol. The van der Waals surface area contributed by atoms with Gasteiger partial charge in [-0.25, -0.2) is 0 Å². The standard InChI is InChI=1S/C16H22O2/c1-12(14-9-6-10-15(11-14)18-2)16(17)13-7-4-3-5-8-13/h3-5,7-8,12,14-15H,6,9-11H2,1-2H3. The first-order chi connectivity index (χ1) is 8.72. The van der Waals surface area contributed by atoms with Gasteiger partial charge in [0.05, 0.1) is 6.10 Å². The third-order valence-electron chi connectivity index (χ3n) is 4.18. The highest BCUT2D eigenvalue weighted by Crippen LogP contribution is 2.33. The lowest BCUT2D eigenvalue weighted by atomic mass is 9.76. The first-order valence-electron chi connectivity index (χ1n) is 6.84. The van der Waals surface area contributed by atoms with Crippen molar-refractivity contribution >= 4 is 5.78 Å². The lowest BCUT2D eigenvalue weighted by Gasteiger charge is -2.31. The maximum atomic E-state index is 12.4. The van der Waals surface area contributed by atoms with Gasteiger partial charge in [-0.15, -0.1) is 0 Å². The molecule has 0 heterocycles. The molecule has 0 spiro atoms. The van der Waals surface area contributed by atoms with Gasteiger partial charge in [0.25, 0.3) is 0 Å². The van der Waals surface area contributed by atoms with Gasteiger partial charge in [-0.1, -0.05) is 43.7 Å². The minimum atomic E-state index is 0.102. The van der Waals surface area contributed by atoms with Crippen LogP contribution in [0.1, 0.15) is 43.0 Å². The number of rotatable bonds is 4. The summed E-state index contributed by atoms with van der Waals surface area (Å²) in [5.41, 5.74) is 0.838. The molecule has 2 nitrogen and oxygen atoms in total. The van der Waals surface area contributed by atoms with Crippen molar-refractivity contribution in [1.29, 1.82) is 0 Å². The number of benzene rings is 1. The van der Waals surface area contributed by atoms with Crippen molar-refractivity contribution in [2.45, 2.75) is 38.7 Å². The van der Waals surface area contributed by atoms with Crippen LogP contribution in [0.15, 0.2) is 30.3 Å². The van der Waals surface area contributed by atoms with E-state index in [1.807, 2.05) is 30.3 Å². The maximum Gasteiger partial charge on any atom is 0.165 e. The van der Waals surface area contributed by atoms with Crippen LogP contribution < -0.4 is 0 Å². The van der Waals surface area contributed by atoms with E-state index in [1.54, 1.807) is 7.11 Å². The molecule has 1 saturated carbocycles. The molecule has 1 aromatic rings. The Morgan fingerprint density at radius 3 is 2.67 bits per heavy atom. The van der Waals surface area contributed by atoms with Crippen LogP contribution >= 0.6 is 0 Å². The van der Waals surface area contributed by atoms with Crippen molar-refractivity contribution < 1.29 is 9.53 Å². The molecule has 0 bridgehead atoms. The molecule has 3 unspecified atom stereocenters. The molecule has 98 valence electrons. The molecule has 0 radical (unpaired) electrons. The smallest absolute Gasteiger partial charge is 0.165 e. The van der Waals surface area contributed by atoms with E-state index in [1.165, 1.54) is 6.42 Å². The topological polar surface area (TPSA) is 26.3 Å². The number of hydrogen-bond donors (Lipinski definition) is 0. The molecule has 18 heavy (non-hydrogen) atoms. The second-order valence-electron chi connectivity index (χ2n) is 5.30. The summed E-state index contributed by atoms with van der Waals surface area (Å²) in [5.74, 6) is 0.846. The van der Waals surface area contributed by atoms with E-state index in [4.69, 9.17) is 4.74 Å². The van der Waals surface area contributed by atoms with Crippen molar-refractivity contribution in [2.24, 2.45) is 11.8 Å². The van der Waals surface area contributed by atoms with Gasteiger partial charge in [0.2, 0.25) is 0 Å². The van der Waals surface area contributed by atoms with Crippen molar-refractivity contribution in [3.8, 4) is 0 Å². The van der Waals surface area contributed by atoms with Gasteiger partial charge in [0.1, 0.15) is 0 Å². The molecule has 0 saturated heterocycles. The molecule has 0 N–H and O–H groups in total. The lowest BCUT2D eigenvalue weighted by molar-refractivity contribution is 0.0375. The Labute approximate surface area is 109 Å². The highest BCUT2D eigenvalue weighted by Gasteiger charge is 2.30. The third-order valence-corrected chi connectivity index (χ3v) is 4.18. The van der Waals surface area contributed by atoms with Crippen molar-refractivity contribution in [2.75, 3.05) is 7.11 Å².